The molecule has 3 rings (SSSR count). The van der Waals surface area contributed by atoms with Crippen LogP contribution in [0.15, 0.2) is 18.2 Å². The normalized spacial score (nSPS) is 28.0. The molecule has 0 saturated heterocycles. The first kappa shape index (κ1) is 12.0. The summed E-state index contributed by atoms with van der Waals surface area (Å²) < 4.78 is 0. The molecule has 0 unspecified atom stereocenters. The van der Waals surface area contributed by atoms with Gasteiger partial charge in [0.1, 0.15) is 0 Å². The molecule has 0 radical (unpaired) electrons. The molecule has 98 valence electrons. The highest BCUT2D eigenvalue weighted by Crippen LogP contribution is 2.34. The van der Waals surface area contributed by atoms with Gasteiger partial charge in [0.2, 0.25) is 0 Å². The summed E-state index contributed by atoms with van der Waals surface area (Å²) in [5.41, 5.74) is 4.19. The van der Waals surface area contributed by atoms with Gasteiger partial charge in [0.25, 0.3) is 0 Å². The van der Waals surface area contributed by atoms with Crippen molar-refractivity contribution in [3.8, 4) is 0 Å². The number of hydrogen-bond donors (Lipinski definition) is 1. The summed E-state index contributed by atoms with van der Waals surface area (Å²) in [5, 5.41) is 10.3. The molecule has 0 bridgehead atoms. The van der Waals surface area contributed by atoms with Crippen molar-refractivity contribution in [3.63, 3.8) is 0 Å². The van der Waals surface area contributed by atoms with Gasteiger partial charge < -0.3 is 10.0 Å². The fourth-order valence-electron chi connectivity index (χ4n) is 3.55. The van der Waals surface area contributed by atoms with E-state index in [1.54, 1.807) is 0 Å². The average Bonchev–Trinajstić information content (AvgIpc) is 2.38. The van der Waals surface area contributed by atoms with Gasteiger partial charge >= 0.3 is 0 Å². The van der Waals surface area contributed by atoms with Crippen molar-refractivity contribution in [1.82, 2.24) is 0 Å². The van der Waals surface area contributed by atoms with Crippen LogP contribution in [0.25, 0.3) is 0 Å². The molecule has 1 heterocycles. The van der Waals surface area contributed by atoms with Crippen LogP contribution in [0.2, 0.25) is 0 Å². The van der Waals surface area contributed by atoms with E-state index >= 15 is 0 Å². The van der Waals surface area contributed by atoms with Gasteiger partial charge in [0, 0.05) is 12.2 Å². The number of fused-ring (bicyclic) bond motifs is 1. The zero-order valence-corrected chi connectivity index (χ0v) is 11.2. The minimum Gasteiger partial charge on any atom is -0.391 e. The molecule has 1 aromatic carbocycles. The van der Waals surface area contributed by atoms with Gasteiger partial charge in [-0.05, 0) is 44.2 Å². The lowest BCUT2D eigenvalue weighted by atomic mass is 9.88. The van der Waals surface area contributed by atoms with Gasteiger partial charge in [0.05, 0.1) is 12.1 Å². The van der Waals surface area contributed by atoms with Crippen LogP contribution in [0.3, 0.4) is 0 Å². The first-order chi connectivity index (χ1) is 8.75. The van der Waals surface area contributed by atoms with Crippen LogP contribution in [0.1, 0.15) is 43.2 Å². The Kier molecular flexibility index (Phi) is 3.29. The smallest absolute Gasteiger partial charge is 0.0743 e. The second-order valence-corrected chi connectivity index (χ2v) is 5.85. The van der Waals surface area contributed by atoms with Crippen molar-refractivity contribution in [2.24, 2.45) is 0 Å². The van der Waals surface area contributed by atoms with Crippen molar-refractivity contribution in [1.29, 1.82) is 0 Å². The topological polar surface area (TPSA) is 23.5 Å². The molecule has 1 N–H and O–H groups in total. The highest BCUT2D eigenvalue weighted by Gasteiger charge is 2.31. The van der Waals surface area contributed by atoms with Gasteiger partial charge in [-0.2, -0.15) is 0 Å². The van der Waals surface area contributed by atoms with E-state index < -0.39 is 0 Å². The molecule has 0 aromatic heterocycles. The Morgan fingerprint density at radius 3 is 2.83 bits per heavy atom. The Bertz CT molecular complexity index is 429. The van der Waals surface area contributed by atoms with Gasteiger partial charge in [-0.25, -0.2) is 0 Å². The molecular formula is C16H23NO. The van der Waals surface area contributed by atoms with Crippen LogP contribution in [-0.2, 0) is 6.42 Å². The number of aliphatic hydroxyl groups excluding tert-OH is 1. The van der Waals surface area contributed by atoms with E-state index in [1.165, 1.54) is 42.5 Å². The molecule has 0 spiro atoms. The Morgan fingerprint density at radius 1 is 1.17 bits per heavy atom. The fourth-order valence-corrected chi connectivity index (χ4v) is 3.55. The van der Waals surface area contributed by atoms with Crippen LogP contribution in [0, 0.1) is 6.92 Å². The molecule has 0 amide bonds. The summed E-state index contributed by atoms with van der Waals surface area (Å²) in [7, 11) is 0. The average molecular weight is 245 g/mol. The minimum absolute atomic E-state index is 0.133. The quantitative estimate of drug-likeness (QED) is 0.822. The summed E-state index contributed by atoms with van der Waals surface area (Å²) in [6.45, 7) is 3.27. The van der Waals surface area contributed by atoms with Crippen LogP contribution in [-0.4, -0.2) is 23.8 Å². The highest BCUT2D eigenvalue weighted by atomic mass is 16.3. The second-order valence-electron chi connectivity index (χ2n) is 5.85. The summed E-state index contributed by atoms with van der Waals surface area (Å²) >= 11 is 0. The molecule has 2 heteroatoms. The maximum atomic E-state index is 10.3. The van der Waals surface area contributed by atoms with Gasteiger partial charge in [-0.1, -0.05) is 30.5 Å². The first-order valence-corrected chi connectivity index (χ1v) is 7.30. The van der Waals surface area contributed by atoms with Crippen molar-refractivity contribution in [3.05, 3.63) is 29.3 Å². The van der Waals surface area contributed by atoms with E-state index in [-0.39, 0.29) is 6.10 Å². The molecule has 1 aromatic rings. The SMILES string of the molecule is Cc1ccc2c(c1)CCCN2[C@H]1CCCC[C@@H]1O. The number of nitrogens with zero attached hydrogens (tertiary/aromatic N) is 1. The third-order valence-electron chi connectivity index (χ3n) is 4.48. The molecule has 2 aliphatic rings. The van der Waals surface area contributed by atoms with E-state index in [1.807, 2.05) is 0 Å². The van der Waals surface area contributed by atoms with Crippen molar-refractivity contribution < 1.29 is 5.11 Å². The number of aliphatic hydroxyl groups is 1. The summed E-state index contributed by atoms with van der Waals surface area (Å²) in [4.78, 5) is 2.47. The first-order valence-electron chi connectivity index (χ1n) is 7.30. The Labute approximate surface area is 110 Å². The van der Waals surface area contributed by atoms with Gasteiger partial charge in [-0.3, -0.25) is 0 Å². The number of aryl methyl sites for hydroxylation is 2. The molecule has 1 aliphatic heterocycles. The Morgan fingerprint density at radius 2 is 2.00 bits per heavy atom. The van der Waals surface area contributed by atoms with Crippen LogP contribution < -0.4 is 4.90 Å². The van der Waals surface area contributed by atoms with Crippen LogP contribution in [0.5, 0.6) is 0 Å². The molecule has 2 atom stereocenters. The van der Waals surface area contributed by atoms with Gasteiger partial charge in [0.15, 0.2) is 0 Å². The number of benzene rings is 1. The maximum absolute atomic E-state index is 10.3. The third kappa shape index (κ3) is 2.14. The van der Waals surface area contributed by atoms with E-state index in [4.69, 9.17) is 0 Å². The molecular weight excluding hydrogens is 222 g/mol. The summed E-state index contributed by atoms with van der Waals surface area (Å²) in [6.07, 6.45) is 6.85. The fraction of sp³-hybridized carbons (Fsp3) is 0.625. The monoisotopic (exact) mass is 245 g/mol. The van der Waals surface area contributed by atoms with E-state index in [2.05, 4.69) is 30.0 Å². The zero-order chi connectivity index (χ0) is 12.5. The molecule has 1 aliphatic carbocycles. The number of rotatable bonds is 1. The number of anilines is 1. The summed E-state index contributed by atoms with van der Waals surface area (Å²) in [5.74, 6) is 0. The predicted molar refractivity (Wildman–Crippen MR) is 75.1 cm³/mol. The lowest BCUT2D eigenvalue weighted by Crippen LogP contribution is -2.47. The van der Waals surface area contributed by atoms with E-state index in [9.17, 15) is 5.11 Å². The molecule has 18 heavy (non-hydrogen) atoms. The second kappa shape index (κ2) is 4.93. The summed E-state index contributed by atoms with van der Waals surface area (Å²) in [6, 6.07) is 7.12. The number of hydrogen-bond acceptors (Lipinski definition) is 2. The minimum atomic E-state index is -0.133. The lowest BCUT2D eigenvalue weighted by molar-refractivity contribution is 0.103. The van der Waals surface area contributed by atoms with E-state index in [0.29, 0.717) is 6.04 Å². The molecule has 2 nitrogen and oxygen atoms in total. The van der Waals surface area contributed by atoms with Crippen LogP contribution >= 0.6 is 0 Å². The lowest BCUT2D eigenvalue weighted by Gasteiger charge is -2.42. The highest BCUT2D eigenvalue weighted by molar-refractivity contribution is 5.57. The Hall–Kier alpha value is -1.02. The van der Waals surface area contributed by atoms with Crippen molar-refractivity contribution in [2.45, 2.75) is 57.6 Å². The molecule has 1 fully saturated rings. The molecule has 1 saturated carbocycles. The van der Waals surface area contributed by atoms with E-state index in [0.717, 1.165) is 19.4 Å². The third-order valence-corrected chi connectivity index (χ3v) is 4.48. The largest absolute Gasteiger partial charge is 0.391 e. The zero-order valence-electron chi connectivity index (χ0n) is 11.2. The predicted octanol–water partition coefficient (Wildman–Crippen LogP) is 3.05. The maximum Gasteiger partial charge on any atom is 0.0743 e. The Balaban J connectivity index is 1.90. The van der Waals surface area contributed by atoms with Crippen molar-refractivity contribution >= 4 is 5.69 Å². The van der Waals surface area contributed by atoms with Crippen molar-refractivity contribution in [2.75, 3.05) is 11.4 Å². The van der Waals surface area contributed by atoms with Gasteiger partial charge in [-0.15, -0.1) is 0 Å². The standard InChI is InChI=1S/C16H23NO/c1-12-8-9-14-13(11-12)5-4-10-17(14)15-6-2-3-7-16(15)18/h8-9,11,15-16,18H,2-7,10H2,1H3/t15-,16-/m0/s1. The van der Waals surface area contributed by atoms with Crippen LogP contribution in [0.4, 0.5) is 5.69 Å².